The van der Waals surface area contributed by atoms with Crippen LogP contribution < -0.4 is 5.32 Å². The lowest BCUT2D eigenvalue weighted by atomic mass is 10.2. The van der Waals surface area contributed by atoms with Gasteiger partial charge < -0.3 is 9.73 Å². The Hall–Kier alpha value is -1.85. The van der Waals surface area contributed by atoms with Gasteiger partial charge >= 0.3 is 0 Å². The van der Waals surface area contributed by atoms with E-state index in [0.717, 1.165) is 17.0 Å². The highest BCUT2D eigenvalue weighted by atomic mass is 35.5. The van der Waals surface area contributed by atoms with Crippen molar-refractivity contribution in [3.8, 4) is 11.5 Å². The van der Waals surface area contributed by atoms with E-state index < -0.39 is 0 Å². The van der Waals surface area contributed by atoms with Crippen molar-refractivity contribution in [3.05, 3.63) is 40.7 Å². The van der Waals surface area contributed by atoms with Gasteiger partial charge in [-0.05, 0) is 32.2 Å². The number of hydrogen-bond acceptors (Lipinski definition) is 4. The maximum absolute atomic E-state index is 11.3. The number of aromatic nitrogens is 1. The van der Waals surface area contributed by atoms with E-state index in [-0.39, 0.29) is 5.91 Å². The minimum Gasteiger partial charge on any atom is -0.441 e. The number of carbonyl (C=O) groups excluding carboxylic acids is 1. The van der Waals surface area contributed by atoms with Gasteiger partial charge in [-0.15, -0.1) is 0 Å². The number of amides is 1. The fourth-order valence-corrected chi connectivity index (χ4v) is 2.26. The summed E-state index contributed by atoms with van der Waals surface area (Å²) in [5, 5.41) is 3.26. The van der Waals surface area contributed by atoms with E-state index in [4.69, 9.17) is 16.0 Å². The van der Waals surface area contributed by atoms with Gasteiger partial charge in [-0.2, -0.15) is 0 Å². The Bertz CT molecular complexity index is 655. The Balaban J connectivity index is 2.05. The third-order valence-electron chi connectivity index (χ3n) is 3.38. The molecule has 0 bridgehead atoms. The minimum atomic E-state index is 0.0309. The Morgan fingerprint density at radius 2 is 2.23 bits per heavy atom. The van der Waals surface area contributed by atoms with Crippen LogP contribution in [0.4, 0.5) is 0 Å². The Morgan fingerprint density at radius 3 is 2.91 bits per heavy atom. The smallest absolute Gasteiger partial charge is 0.226 e. The number of benzene rings is 1. The molecule has 0 fully saturated rings. The highest BCUT2D eigenvalue weighted by Gasteiger charge is 2.14. The minimum absolute atomic E-state index is 0.0309. The molecule has 1 aromatic carbocycles. The molecule has 1 heterocycles. The van der Waals surface area contributed by atoms with Crippen LogP contribution in [0.1, 0.15) is 17.9 Å². The van der Waals surface area contributed by atoms with Gasteiger partial charge in [0.25, 0.3) is 0 Å². The zero-order valence-electron chi connectivity index (χ0n) is 13.0. The first-order valence-electron chi connectivity index (χ1n) is 7.11. The van der Waals surface area contributed by atoms with Crippen molar-refractivity contribution >= 4 is 17.5 Å². The second-order valence-corrected chi connectivity index (χ2v) is 5.63. The lowest BCUT2D eigenvalue weighted by molar-refractivity contribution is -0.120. The molecular weight excluding hydrogens is 302 g/mol. The maximum atomic E-state index is 11.3. The van der Waals surface area contributed by atoms with Crippen molar-refractivity contribution in [1.82, 2.24) is 15.2 Å². The number of aryl methyl sites for hydroxylation is 1. The summed E-state index contributed by atoms with van der Waals surface area (Å²) in [5.74, 6) is 1.37. The highest BCUT2D eigenvalue weighted by Crippen LogP contribution is 2.24. The van der Waals surface area contributed by atoms with Crippen LogP contribution in [0.3, 0.4) is 0 Å². The predicted molar refractivity (Wildman–Crippen MR) is 86.7 cm³/mol. The quantitative estimate of drug-likeness (QED) is 0.888. The highest BCUT2D eigenvalue weighted by molar-refractivity contribution is 6.30. The average Bonchev–Trinajstić information content (AvgIpc) is 2.86. The fourth-order valence-electron chi connectivity index (χ4n) is 2.07. The molecule has 5 nitrogen and oxygen atoms in total. The lowest BCUT2D eigenvalue weighted by Crippen LogP contribution is -2.26. The summed E-state index contributed by atoms with van der Waals surface area (Å²) in [5.41, 5.74) is 1.73. The van der Waals surface area contributed by atoms with E-state index in [0.29, 0.717) is 30.4 Å². The summed E-state index contributed by atoms with van der Waals surface area (Å²) in [4.78, 5) is 17.9. The van der Waals surface area contributed by atoms with Crippen molar-refractivity contribution in [2.75, 3.05) is 20.6 Å². The summed E-state index contributed by atoms with van der Waals surface area (Å²) < 4.78 is 5.73. The summed E-state index contributed by atoms with van der Waals surface area (Å²) in [6.07, 6.45) is 0.463. The molecule has 1 aromatic heterocycles. The Kier molecular flexibility index (Phi) is 5.57. The van der Waals surface area contributed by atoms with Crippen molar-refractivity contribution in [2.45, 2.75) is 19.9 Å². The van der Waals surface area contributed by atoms with Gasteiger partial charge in [0.1, 0.15) is 5.76 Å². The molecule has 1 amide bonds. The van der Waals surface area contributed by atoms with Gasteiger partial charge in [0, 0.05) is 37.1 Å². The van der Waals surface area contributed by atoms with E-state index in [9.17, 15) is 4.79 Å². The van der Waals surface area contributed by atoms with Crippen molar-refractivity contribution in [1.29, 1.82) is 0 Å². The van der Waals surface area contributed by atoms with Gasteiger partial charge in [0.15, 0.2) is 0 Å². The molecule has 118 valence electrons. The first-order chi connectivity index (χ1) is 10.5. The van der Waals surface area contributed by atoms with Crippen LogP contribution in [-0.2, 0) is 11.3 Å². The van der Waals surface area contributed by atoms with E-state index >= 15 is 0 Å². The fraction of sp³-hybridized carbons (Fsp3) is 0.375. The van der Waals surface area contributed by atoms with Crippen LogP contribution >= 0.6 is 11.6 Å². The standard InChI is InChI=1S/C16H20ClN3O2/c1-11-14(10-20(3)8-7-15(21)18-2)19-16(22-11)12-5-4-6-13(17)9-12/h4-6,9H,7-8,10H2,1-3H3,(H,18,21). The average molecular weight is 322 g/mol. The molecule has 0 unspecified atom stereocenters. The van der Waals surface area contributed by atoms with Gasteiger partial charge in [-0.25, -0.2) is 4.98 Å². The molecule has 22 heavy (non-hydrogen) atoms. The van der Waals surface area contributed by atoms with Crippen molar-refractivity contribution in [2.24, 2.45) is 0 Å². The van der Waals surface area contributed by atoms with Gasteiger partial charge in [0.05, 0.1) is 5.69 Å². The molecule has 0 aliphatic carbocycles. The molecule has 0 radical (unpaired) electrons. The summed E-state index contributed by atoms with van der Waals surface area (Å²) in [7, 11) is 3.59. The number of nitrogens with one attached hydrogen (secondary N) is 1. The molecule has 0 saturated heterocycles. The van der Waals surface area contributed by atoms with Gasteiger partial charge in [-0.1, -0.05) is 17.7 Å². The zero-order chi connectivity index (χ0) is 16.1. The Labute approximate surface area is 135 Å². The van der Waals surface area contributed by atoms with E-state index in [1.54, 1.807) is 7.05 Å². The molecule has 0 saturated carbocycles. The topological polar surface area (TPSA) is 58.4 Å². The third-order valence-corrected chi connectivity index (χ3v) is 3.62. The van der Waals surface area contributed by atoms with Crippen LogP contribution in [0.2, 0.25) is 5.02 Å². The van der Waals surface area contributed by atoms with E-state index in [1.807, 2.05) is 43.1 Å². The number of oxazole rings is 1. The molecule has 0 atom stereocenters. The number of hydrogen-bond donors (Lipinski definition) is 1. The monoisotopic (exact) mass is 321 g/mol. The molecule has 2 aromatic rings. The first-order valence-corrected chi connectivity index (χ1v) is 7.48. The number of rotatable bonds is 6. The zero-order valence-corrected chi connectivity index (χ0v) is 13.8. The lowest BCUT2D eigenvalue weighted by Gasteiger charge is -2.14. The van der Waals surface area contributed by atoms with Gasteiger partial charge in [0.2, 0.25) is 11.8 Å². The maximum Gasteiger partial charge on any atom is 0.226 e. The summed E-state index contributed by atoms with van der Waals surface area (Å²) in [6.45, 7) is 3.19. The molecule has 2 rings (SSSR count). The second-order valence-electron chi connectivity index (χ2n) is 5.19. The summed E-state index contributed by atoms with van der Waals surface area (Å²) >= 11 is 5.99. The largest absolute Gasteiger partial charge is 0.441 e. The first kappa shape index (κ1) is 16.5. The number of carbonyl (C=O) groups is 1. The predicted octanol–water partition coefficient (Wildman–Crippen LogP) is 2.87. The molecule has 1 N–H and O–H groups in total. The van der Waals surface area contributed by atoms with E-state index in [2.05, 4.69) is 10.3 Å². The van der Waals surface area contributed by atoms with Crippen LogP contribution in [0, 0.1) is 6.92 Å². The Morgan fingerprint density at radius 1 is 1.45 bits per heavy atom. The third kappa shape index (κ3) is 4.32. The van der Waals surface area contributed by atoms with Crippen molar-refractivity contribution in [3.63, 3.8) is 0 Å². The number of halogens is 1. The second kappa shape index (κ2) is 7.42. The van der Waals surface area contributed by atoms with Crippen LogP contribution in [0.5, 0.6) is 0 Å². The van der Waals surface area contributed by atoms with Crippen LogP contribution in [0.15, 0.2) is 28.7 Å². The van der Waals surface area contributed by atoms with Crippen LogP contribution in [-0.4, -0.2) is 36.4 Å². The SMILES string of the molecule is CNC(=O)CCN(C)Cc1nc(-c2cccc(Cl)c2)oc1C. The molecular formula is C16H20ClN3O2. The molecule has 6 heteroatoms. The molecule has 0 spiro atoms. The van der Waals surface area contributed by atoms with E-state index in [1.165, 1.54) is 0 Å². The summed E-state index contributed by atoms with van der Waals surface area (Å²) in [6, 6.07) is 7.42. The molecule has 0 aliphatic rings. The van der Waals surface area contributed by atoms with Gasteiger partial charge in [-0.3, -0.25) is 9.69 Å². The van der Waals surface area contributed by atoms with Crippen LogP contribution in [0.25, 0.3) is 11.5 Å². The molecule has 0 aliphatic heterocycles. The normalized spacial score (nSPS) is 11.0. The number of nitrogens with zero attached hydrogens (tertiary/aromatic N) is 2. The van der Waals surface area contributed by atoms with Crippen molar-refractivity contribution < 1.29 is 9.21 Å².